The first-order valence-electron chi connectivity index (χ1n) is 8.04. The zero-order valence-electron chi connectivity index (χ0n) is 14.0. The average molecular weight is 381 g/mol. The molecule has 1 aromatic carbocycles. The maximum absolute atomic E-state index is 13.2. The summed E-state index contributed by atoms with van der Waals surface area (Å²) in [6.45, 7) is 0.202. The number of H-pyrrole nitrogens is 1. The number of nitrogen functional groups attached to an aromatic ring is 1. The zero-order valence-corrected chi connectivity index (χ0v) is 14.8. The van der Waals surface area contributed by atoms with E-state index in [2.05, 4.69) is 15.2 Å². The van der Waals surface area contributed by atoms with Gasteiger partial charge in [0.25, 0.3) is 5.56 Å². The second-order valence-electron chi connectivity index (χ2n) is 5.94. The SMILES string of the molecule is Nc1c(S(=O)(=O)c2ccccc2)c2cn[nH]c(=O)c2n1Cc1cccnc1. The summed E-state index contributed by atoms with van der Waals surface area (Å²) >= 11 is 0. The van der Waals surface area contributed by atoms with Gasteiger partial charge in [0.2, 0.25) is 9.84 Å². The predicted octanol–water partition coefficient (Wildman–Crippen LogP) is 1.58. The molecule has 0 saturated heterocycles. The van der Waals surface area contributed by atoms with E-state index in [4.69, 9.17) is 5.73 Å². The second kappa shape index (κ2) is 6.36. The van der Waals surface area contributed by atoms with Crippen molar-refractivity contribution >= 4 is 26.6 Å². The van der Waals surface area contributed by atoms with E-state index in [-0.39, 0.29) is 33.1 Å². The smallest absolute Gasteiger partial charge is 0.288 e. The van der Waals surface area contributed by atoms with E-state index in [0.717, 1.165) is 5.56 Å². The summed E-state index contributed by atoms with van der Waals surface area (Å²) in [5, 5.41) is 6.28. The molecule has 8 nitrogen and oxygen atoms in total. The molecule has 0 bridgehead atoms. The van der Waals surface area contributed by atoms with Crippen LogP contribution in [0, 0.1) is 0 Å². The van der Waals surface area contributed by atoms with Crippen molar-refractivity contribution in [3.05, 3.63) is 77.0 Å². The van der Waals surface area contributed by atoms with Crippen molar-refractivity contribution in [2.24, 2.45) is 0 Å². The van der Waals surface area contributed by atoms with E-state index in [1.165, 1.54) is 22.9 Å². The molecular weight excluding hydrogens is 366 g/mol. The number of fused-ring (bicyclic) bond motifs is 1. The number of nitrogens with zero attached hydrogens (tertiary/aromatic N) is 3. The quantitative estimate of drug-likeness (QED) is 0.553. The highest BCUT2D eigenvalue weighted by molar-refractivity contribution is 7.92. The molecule has 0 aliphatic carbocycles. The van der Waals surface area contributed by atoms with Crippen LogP contribution in [0.4, 0.5) is 5.82 Å². The molecule has 0 aliphatic heterocycles. The van der Waals surface area contributed by atoms with E-state index < -0.39 is 15.4 Å². The summed E-state index contributed by atoms with van der Waals surface area (Å²) in [6, 6.07) is 11.5. The van der Waals surface area contributed by atoms with Crippen LogP contribution in [0.2, 0.25) is 0 Å². The Bertz CT molecular complexity index is 1280. The lowest BCUT2D eigenvalue weighted by atomic mass is 10.3. The maximum Gasteiger partial charge on any atom is 0.288 e. The lowest BCUT2D eigenvalue weighted by molar-refractivity contribution is 0.597. The lowest BCUT2D eigenvalue weighted by Crippen LogP contribution is -2.14. The minimum absolute atomic E-state index is 0.0174. The number of nitrogens with one attached hydrogen (secondary N) is 1. The molecule has 4 rings (SSSR count). The van der Waals surface area contributed by atoms with Gasteiger partial charge in [-0.15, -0.1) is 0 Å². The number of hydrogen-bond acceptors (Lipinski definition) is 6. The minimum atomic E-state index is -3.94. The van der Waals surface area contributed by atoms with Crippen molar-refractivity contribution in [3.63, 3.8) is 0 Å². The summed E-state index contributed by atoms with van der Waals surface area (Å²) in [5.74, 6) is -0.0174. The fourth-order valence-corrected chi connectivity index (χ4v) is 4.62. The van der Waals surface area contributed by atoms with E-state index in [1.54, 1.807) is 36.7 Å². The number of benzene rings is 1. The van der Waals surface area contributed by atoms with Gasteiger partial charge in [0.05, 0.1) is 17.6 Å². The average Bonchev–Trinajstić information content (AvgIpc) is 2.97. The highest BCUT2D eigenvalue weighted by Crippen LogP contribution is 2.34. The fraction of sp³-hybridized carbons (Fsp3) is 0.0556. The first-order valence-corrected chi connectivity index (χ1v) is 9.53. The number of rotatable bonds is 4. The van der Waals surface area contributed by atoms with Crippen molar-refractivity contribution in [1.82, 2.24) is 19.7 Å². The van der Waals surface area contributed by atoms with Crippen LogP contribution >= 0.6 is 0 Å². The van der Waals surface area contributed by atoms with Gasteiger partial charge in [0, 0.05) is 17.8 Å². The number of nitrogens with two attached hydrogens (primary N) is 1. The van der Waals surface area contributed by atoms with Crippen molar-refractivity contribution in [2.45, 2.75) is 16.3 Å². The monoisotopic (exact) mass is 381 g/mol. The van der Waals surface area contributed by atoms with Crippen LogP contribution in [-0.4, -0.2) is 28.2 Å². The van der Waals surface area contributed by atoms with Gasteiger partial charge in [-0.05, 0) is 23.8 Å². The third-order valence-corrected chi connectivity index (χ3v) is 6.11. The first kappa shape index (κ1) is 17.0. The molecule has 3 aromatic heterocycles. The fourth-order valence-electron chi connectivity index (χ4n) is 3.05. The molecule has 0 fully saturated rings. The third-order valence-electron chi connectivity index (χ3n) is 4.25. The number of anilines is 1. The summed E-state index contributed by atoms with van der Waals surface area (Å²) in [4.78, 5) is 16.4. The number of hydrogen-bond donors (Lipinski definition) is 2. The van der Waals surface area contributed by atoms with Gasteiger partial charge in [-0.2, -0.15) is 5.10 Å². The zero-order chi connectivity index (χ0) is 19.0. The van der Waals surface area contributed by atoms with Gasteiger partial charge in [-0.1, -0.05) is 24.3 Å². The third kappa shape index (κ3) is 2.77. The van der Waals surface area contributed by atoms with Crippen LogP contribution in [0.15, 0.2) is 75.6 Å². The Hall–Kier alpha value is -3.46. The lowest BCUT2D eigenvalue weighted by Gasteiger charge is -2.08. The molecule has 0 atom stereocenters. The molecule has 0 spiro atoms. The van der Waals surface area contributed by atoms with Crippen molar-refractivity contribution in [3.8, 4) is 0 Å². The standard InChI is InChI=1S/C18H15N5O3S/c19-17-16(27(25,26)13-6-2-1-3-7-13)14-10-21-22-18(24)15(14)23(17)11-12-5-4-8-20-9-12/h1-10H,11,19H2,(H,22,24). The topological polar surface area (TPSA) is 124 Å². The summed E-state index contributed by atoms with van der Waals surface area (Å²) in [7, 11) is -3.94. The Morgan fingerprint density at radius 3 is 2.56 bits per heavy atom. The molecule has 4 aromatic rings. The van der Waals surface area contributed by atoms with Crippen molar-refractivity contribution in [2.75, 3.05) is 5.73 Å². The summed E-state index contributed by atoms with van der Waals surface area (Å²) in [5.41, 5.74) is 6.66. The Morgan fingerprint density at radius 2 is 1.85 bits per heavy atom. The largest absolute Gasteiger partial charge is 0.384 e. The Morgan fingerprint density at radius 1 is 1.07 bits per heavy atom. The molecule has 0 aliphatic rings. The maximum atomic E-state index is 13.2. The number of aromatic nitrogens is 4. The van der Waals surface area contributed by atoms with Gasteiger partial charge < -0.3 is 10.3 Å². The first-order chi connectivity index (χ1) is 13.0. The molecule has 9 heteroatoms. The van der Waals surface area contributed by atoms with Gasteiger partial charge in [-0.25, -0.2) is 13.5 Å². The van der Waals surface area contributed by atoms with Crippen LogP contribution in [0.3, 0.4) is 0 Å². The second-order valence-corrected chi connectivity index (χ2v) is 7.83. The molecular formula is C18H15N5O3S. The number of aromatic amines is 1. The molecule has 0 radical (unpaired) electrons. The number of pyridine rings is 1. The van der Waals surface area contributed by atoms with E-state index in [9.17, 15) is 13.2 Å². The highest BCUT2D eigenvalue weighted by Gasteiger charge is 2.29. The van der Waals surface area contributed by atoms with Crippen molar-refractivity contribution in [1.29, 1.82) is 0 Å². The van der Waals surface area contributed by atoms with Crippen LogP contribution in [-0.2, 0) is 16.4 Å². The van der Waals surface area contributed by atoms with E-state index in [1.807, 2.05) is 6.07 Å². The van der Waals surface area contributed by atoms with Gasteiger partial charge in [0.15, 0.2) is 0 Å². The minimum Gasteiger partial charge on any atom is -0.384 e. The molecule has 0 amide bonds. The Kier molecular flexibility index (Phi) is 4.00. The van der Waals surface area contributed by atoms with Gasteiger partial charge in [-0.3, -0.25) is 9.78 Å². The molecule has 0 unspecified atom stereocenters. The summed E-state index contributed by atoms with van der Waals surface area (Å²) < 4.78 is 27.9. The molecule has 3 N–H and O–H groups in total. The molecule has 136 valence electrons. The highest BCUT2D eigenvalue weighted by atomic mass is 32.2. The molecule has 27 heavy (non-hydrogen) atoms. The van der Waals surface area contributed by atoms with Crippen LogP contribution in [0.5, 0.6) is 0 Å². The van der Waals surface area contributed by atoms with E-state index >= 15 is 0 Å². The van der Waals surface area contributed by atoms with E-state index in [0.29, 0.717) is 0 Å². The predicted molar refractivity (Wildman–Crippen MR) is 100.0 cm³/mol. The normalized spacial score (nSPS) is 11.7. The van der Waals surface area contributed by atoms with Crippen LogP contribution in [0.1, 0.15) is 5.56 Å². The van der Waals surface area contributed by atoms with Gasteiger partial charge >= 0.3 is 0 Å². The summed E-state index contributed by atoms with van der Waals surface area (Å²) in [6.07, 6.45) is 4.57. The molecule has 0 saturated carbocycles. The Labute approximate surface area is 154 Å². The van der Waals surface area contributed by atoms with Crippen molar-refractivity contribution < 1.29 is 8.42 Å². The van der Waals surface area contributed by atoms with Gasteiger partial charge in [0.1, 0.15) is 16.2 Å². The molecule has 3 heterocycles. The van der Waals surface area contributed by atoms with Crippen LogP contribution in [0.25, 0.3) is 10.9 Å². The number of sulfone groups is 1. The Balaban J connectivity index is 2.02. The van der Waals surface area contributed by atoms with Crippen LogP contribution < -0.4 is 11.3 Å².